The van der Waals surface area contributed by atoms with Crippen molar-refractivity contribution in [2.75, 3.05) is 5.75 Å². The molecule has 1 fully saturated rings. The molecule has 2 atom stereocenters. The van der Waals surface area contributed by atoms with Crippen LogP contribution in [-0.4, -0.2) is 26.4 Å². The van der Waals surface area contributed by atoms with Crippen molar-refractivity contribution in [1.82, 2.24) is 0 Å². The molecule has 0 aromatic heterocycles. The summed E-state index contributed by atoms with van der Waals surface area (Å²) >= 11 is 0. The Hall–Kier alpha value is -0.940. The molecular weight excluding hydrogens is 243 g/mol. The van der Waals surface area contributed by atoms with Gasteiger partial charge in [0.15, 0.2) is 9.84 Å². The van der Waals surface area contributed by atoms with Crippen molar-refractivity contribution in [2.24, 2.45) is 0 Å². The van der Waals surface area contributed by atoms with Gasteiger partial charge in [-0.1, -0.05) is 12.1 Å². The lowest BCUT2D eigenvalue weighted by molar-refractivity contribution is 0.0690. The van der Waals surface area contributed by atoms with Gasteiger partial charge in [0.1, 0.15) is 10.7 Å². The molecule has 1 saturated heterocycles. The highest BCUT2D eigenvalue weighted by atomic mass is 32.2. The van der Waals surface area contributed by atoms with Crippen molar-refractivity contribution in [2.45, 2.75) is 36.9 Å². The van der Waals surface area contributed by atoms with E-state index in [4.69, 9.17) is 4.74 Å². The standard InChI is InChI=1S/C12H15FO3S/c1-9-6-7-10(16-9)8-17(14,15)12-5-3-2-4-11(12)13/h2-5,9-10H,6-8H2,1H3. The maximum atomic E-state index is 13.4. The molecule has 0 saturated carbocycles. The Morgan fingerprint density at radius 1 is 1.35 bits per heavy atom. The van der Waals surface area contributed by atoms with Gasteiger partial charge in [-0.3, -0.25) is 0 Å². The topological polar surface area (TPSA) is 43.4 Å². The molecule has 1 aromatic carbocycles. The lowest BCUT2D eigenvalue weighted by Gasteiger charge is -2.12. The lowest BCUT2D eigenvalue weighted by Crippen LogP contribution is -2.22. The fraction of sp³-hybridized carbons (Fsp3) is 0.500. The average molecular weight is 258 g/mol. The second-order valence-electron chi connectivity index (χ2n) is 4.36. The van der Waals surface area contributed by atoms with E-state index in [2.05, 4.69) is 0 Å². The maximum absolute atomic E-state index is 13.4. The third kappa shape index (κ3) is 2.84. The Balaban J connectivity index is 2.17. The number of halogens is 1. The van der Waals surface area contributed by atoms with Gasteiger partial charge in [-0.2, -0.15) is 0 Å². The zero-order chi connectivity index (χ0) is 12.5. The molecule has 0 spiro atoms. The molecule has 1 aliphatic rings. The minimum atomic E-state index is -3.60. The molecule has 1 aromatic rings. The van der Waals surface area contributed by atoms with Gasteiger partial charge in [-0.15, -0.1) is 0 Å². The van der Waals surface area contributed by atoms with Crippen LogP contribution in [0.5, 0.6) is 0 Å². The van der Waals surface area contributed by atoms with E-state index in [9.17, 15) is 12.8 Å². The van der Waals surface area contributed by atoms with Gasteiger partial charge in [0.2, 0.25) is 0 Å². The number of hydrogen-bond donors (Lipinski definition) is 0. The van der Waals surface area contributed by atoms with Crippen molar-refractivity contribution in [1.29, 1.82) is 0 Å². The Kier molecular flexibility index (Phi) is 3.49. The Morgan fingerprint density at radius 2 is 2.06 bits per heavy atom. The number of rotatable bonds is 3. The van der Waals surface area contributed by atoms with Gasteiger partial charge in [0.25, 0.3) is 0 Å². The number of hydrogen-bond acceptors (Lipinski definition) is 3. The SMILES string of the molecule is CC1CCC(CS(=O)(=O)c2ccccc2F)O1. The van der Waals surface area contributed by atoms with Crippen molar-refractivity contribution >= 4 is 9.84 Å². The summed E-state index contributed by atoms with van der Waals surface area (Å²) in [6.07, 6.45) is 1.36. The number of benzene rings is 1. The van der Waals surface area contributed by atoms with Crippen LogP contribution in [0.2, 0.25) is 0 Å². The van der Waals surface area contributed by atoms with Crippen molar-refractivity contribution in [3.05, 3.63) is 30.1 Å². The second-order valence-corrected chi connectivity index (χ2v) is 6.36. The first-order valence-electron chi connectivity index (χ1n) is 5.62. The summed E-state index contributed by atoms with van der Waals surface area (Å²) in [5, 5.41) is 0. The largest absolute Gasteiger partial charge is 0.374 e. The van der Waals surface area contributed by atoms with E-state index < -0.39 is 15.7 Å². The van der Waals surface area contributed by atoms with Crippen LogP contribution in [0, 0.1) is 5.82 Å². The molecular formula is C12H15FO3S. The Labute approximate surface area is 101 Å². The highest BCUT2D eigenvalue weighted by Gasteiger charge is 2.29. The van der Waals surface area contributed by atoms with Crippen LogP contribution < -0.4 is 0 Å². The summed E-state index contributed by atoms with van der Waals surface area (Å²) in [5.74, 6) is -0.836. The van der Waals surface area contributed by atoms with Crippen LogP contribution in [-0.2, 0) is 14.6 Å². The molecule has 0 N–H and O–H groups in total. The van der Waals surface area contributed by atoms with Gasteiger partial charge >= 0.3 is 0 Å². The lowest BCUT2D eigenvalue weighted by atomic mass is 10.2. The third-order valence-corrected chi connectivity index (χ3v) is 4.71. The Morgan fingerprint density at radius 3 is 2.65 bits per heavy atom. The number of sulfone groups is 1. The molecule has 0 radical (unpaired) electrons. The third-order valence-electron chi connectivity index (χ3n) is 2.90. The highest BCUT2D eigenvalue weighted by molar-refractivity contribution is 7.91. The van der Waals surface area contributed by atoms with E-state index in [-0.39, 0.29) is 22.9 Å². The van der Waals surface area contributed by atoms with Gasteiger partial charge in [0, 0.05) is 0 Å². The van der Waals surface area contributed by atoms with E-state index >= 15 is 0 Å². The predicted molar refractivity (Wildman–Crippen MR) is 62.0 cm³/mol. The summed E-state index contributed by atoms with van der Waals surface area (Å²) in [6, 6.07) is 5.45. The summed E-state index contributed by atoms with van der Waals surface area (Å²) in [7, 11) is -3.60. The van der Waals surface area contributed by atoms with Crippen LogP contribution >= 0.6 is 0 Å². The first kappa shape index (κ1) is 12.5. The van der Waals surface area contributed by atoms with E-state index in [1.165, 1.54) is 18.2 Å². The maximum Gasteiger partial charge on any atom is 0.183 e. The van der Waals surface area contributed by atoms with Gasteiger partial charge in [-0.25, -0.2) is 12.8 Å². The molecule has 0 amide bonds. The van der Waals surface area contributed by atoms with E-state index in [1.54, 1.807) is 0 Å². The monoisotopic (exact) mass is 258 g/mol. The van der Waals surface area contributed by atoms with E-state index in [0.717, 1.165) is 18.9 Å². The summed E-state index contributed by atoms with van der Waals surface area (Å²) in [6.45, 7) is 1.91. The Bertz CT molecular complexity index is 498. The van der Waals surface area contributed by atoms with Crippen LogP contribution in [0.25, 0.3) is 0 Å². The molecule has 0 bridgehead atoms. The molecule has 1 heterocycles. The average Bonchev–Trinajstić information content (AvgIpc) is 2.63. The first-order chi connectivity index (χ1) is 7.99. The summed E-state index contributed by atoms with van der Waals surface area (Å²) in [4.78, 5) is -0.233. The molecule has 2 rings (SSSR count). The predicted octanol–water partition coefficient (Wildman–Crippen LogP) is 2.17. The molecule has 94 valence electrons. The molecule has 1 aliphatic heterocycles. The molecule has 0 aliphatic carbocycles. The van der Waals surface area contributed by atoms with E-state index in [1.807, 2.05) is 6.92 Å². The van der Waals surface area contributed by atoms with Crippen LogP contribution in [0.1, 0.15) is 19.8 Å². The number of ether oxygens (including phenoxy) is 1. The fourth-order valence-corrected chi connectivity index (χ4v) is 3.60. The minimum absolute atomic E-state index is 0.0934. The van der Waals surface area contributed by atoms with Crippen molar-refractivity contribution in [3.8, 4) is 0 Å². The smallest absolute Gasteiger partial charge is 0.183 e. The normalized spacial score (nSPS) is 25.1. The van der Waals surface area contributed by atoms with Crippen LogP contribution in [0.15, 0.2) is 29.2 Å². The zero-order valence-electron chi connectivity index (χ0n) is 9.60. The molecule has 5 heteroatoms. The quantitative estimate of drug-likeness (QED) is 0.834. The van der Waals surface area contributed by atoms with Crippen LogP contribution in [0.3, 0.4) is 0 Å². The van der Waals surface area contributed by atoms with E-state index in [0.29, 0.717) is 0 Å². The van der Waals surface area contributed by atoms with Crippen LogP contribution in [0.4, 0.5) is 4.39 Å². The van der Waals surface area contributed by atoms with Gasteiger partial charge < -0.3 is 4.74 Å². The minimum Gasteiger partial charge on any atom is -0.374 e. The molecule has 3 nitrogen and oxygen atoms in total. The van der Waals surface area contributed by atoms with Crippen molar-refractivity contribution in [3.63, 3.8) is 0 Å². The summed E-state index contributed by atoms with van der Waals surface area (Å²) < 4.78 is 42.9. The zero-order valence-corrected chi connectivity index (χ0v) is 10.4. The molecule has 2 unspecified atom stereocenters. The second kappa shape index (κ2) is 4.74. The molecule has 17 heavy (non-hydrogen) atoms. The van der Waals surface area contributed by atoms with Gasteiger partial charge in [-0.05, 0) is 31.9 Å². The fourth-order valence-electron chi connectivity index (χ4n) is 2.04. The van der Waals surface area contributed by atoms with Crippen molar-refractivity contribution < 1.29 is 17.5 Å². The highest BCUT2D eigenvalue weighted by Crippen LogP contribution is 2.24. The summed E-state index contributed by atoms with van der Waals surface area (Å²) in [5.41, 5.74) is 0. The first-order valence-corrected chi connectivity index (χ1v) is 7.27. The van der Waals surface area contributed by atoms with Gasteiger partial charge in [0.05, 0.1) is 18.0 Å².